The monoisotopic (exact) mass is 196 g/mol. The first kappa shape index (κ1) is 12.2. The van der Waals surface area contributed by atoms with Crippen LogP contribution in [0.4, 0.5) is 0 Å². The number of hydrogen-bond acceptors (Lipinski definition) is 4. The first-order valence-corrected chi connectivity index (χ1v) is 3.92. The van der Waals surface area contributed by atoms with Crippen LogP contribution in [0.15, 0.2) is 37.1 Å². The van der Waals surface area contributed by atoms with Gasteiger partial charge in [-0.25, -0.2) is 4.79 Å². The summed E-state index contributed by atoms with van der Waals surface area (Å²) >= 11 is 0. The number of allylic oxidation sites excluding steroid dienone is 1. The number of aldehydes is 1. The normalized spacial score (nSPS) is 10.1. The lowest BCUT2D eigenvalue weighted by molar-refractivity contribution is -0.137. The van der Waals surface area contributed by atoms with Crippen LogP contribution in [0.5, 0.6) is 0 Å². The van der Waals surface area contributed by atoms with Gasteiger partial charge in [-0.3, -0.25) is 4.79 Å². The first-order chi connectivity index (χ1) is 6.74. The summed E-state index contributed by atoms with van der Waals surface area (Å²) in [5, 5.41) is 0. The second kappa shape index (κ2) is 7.79. The SMILES string of the molecule is C=CCOC(=O)C=C(C=O)OCC=C. The topological polar surface area (TPSA) is 52.6 Å². The smallest absolute Gasteiger partial charge is 0.334 e. The van der Waals surface area contributed by atoms with E-state index in [1.807, 2.05) is 0 Å². The van der Waals surface area contributed by atoms with Crippen molar-refractivity contribution in [3.63, 3.8) is 0 Å². The summed E-state index contributed by atoms with van der Waals surface area (Å²) < 4.78 is 9.44. The van der Waals surface area contributed by atoms with Gasteiger partial charge in [-0.2, -0.15) is 0 Å². The highest BCUT2D eigenvalue weighted by atomic mass is 16.5. The average molecular weight is 196 g/mol. The molecule has 76 valence electrons. The highest BCUT2D eigenvalue weighted by Crippen LogP contribution is 1.94. The van der Waals surface area contributed by atoms with Crippen LogP contribution in [0.2, 0.25) is 0 Å². The molecule has 0 heterocycles. The molecule has 0 aromatic rings. The second-order valence-corrected chi connectivity index (χ2v) is 2.18. The summed E-state index contributed by atoms with van der Waals surface area (Å²) in [6, 6.07) is 0. The van der Waals surface area contributed by atoms with Gasteiger partial charge in [0.1, 0.15) is 13.2 Å². The number of hydrogen-bond donors (Lipinski definition) is 0. The van der Waals surface area contributed by atoms with Crippen LogP contribution in [0.25, 0.3) is 0 Å². The molecule has 0 rings (SSSR count). The molecule has 0 spiro atoms. The van der Waals surface area contributed by atoms with E-state index in [-0.39, 0.29) is 19.0 Å². The molecule has 0 bridgehead atoms. The summed E-state index contributed by atoms with van der Waals surface area (Å²) in [6.07, 6.45) is 4.29. The summed E-state index contributed by atoms with van der Waals surface area (Å²) in [6.45, 7) is 7.03. The lowest BCUT2D eigenvalue weighted by atomic mass is 10.4. The van der Waals surface area contributed by atoms with Crippen LogP contribution in [-0.4, -0.2) is 25.5 Å². The largest absolute Gasteiger partial charge is 0.486 e. The molecule has 14 heavy (non-hydrogen) atoms. The van der Waals surface area contributed by atoms with Gasteiger partial charge in [0.15, 0.2) is 12.0 Å². The fraction of sp³-hybridized carbons (Fsp3) is 0.200. The van der Waals surface area contributed by atoms with Crippen molar-refractivity contribution in [1.29, 1.82) is 0 Å². The Morgan fingerprint density at radius 2 is 1.71 bits per heavy atom. The van der Waals surface area contributed by atoms with Gasteiger partial charge in [-0.1, -0.05) is 25.3 Å². The van der Waals surface area contributed by atoms with Gasteiger partial charge in [0.25, 0.3) is 0 Å². The molecule has 0 radical (unpaired) electrons. The molecule has 0 aliphatic rings. The molecule has 0 aromatic heterocycles. The molecule has 0 saturated heterocycles. The van der Waals surface area contributed by atoms with E-state index in [1.54, 1.807) is 0 Å². The van der Waals surface area contributed by atoms with E-state index in [0.29, 0.717) is 6.29 Å². The van der Waals surface area contributed by atoms with Crippen molar-refractivity contribution in [3.8, 4) is 0 Å². The van der Waals surface area contributed by atoms with Crippen molar-refractivity contribution >= 4 is 12.3 Å². The molecule has 0 aromatic carbocycles. The van der Waals surface area contributed by atoms with E-state index in [1.165, 1.54) is 12.2 Å². The highest BCUT2D eigenvalue weighted by Gasteiger charge is 2.01. The van der Waals surface area contributed by atoms with Gasteiger partial charge in [-0.15, -0.1) is 0 Å². The van der Waals surface area contributed by atoms with Crippen molar-refractivity contribution in [2.24, 2.45) is 0 Å². The standard InChI is InChI=1S/C10H12O4/c1-3-5-13-9(8-11)7-10(12)14-6-4-2/h3-4,7-8H,1-2,5-6H2. The molecular formula is C10H12O4. The van der Waals surface area contributed by atoms with Crippen LogP contribution in [0.3, 0.4) is 0 Å². The molecule has 0 amide bonds. The maximum atomic E-state index is 10.9. The molecule has 0 aliphatic heterocycles. The Morgan fingerprint density at radius 1 is 1.14 bits per heavy atom. The van der Waals surface area contributed by atoms with Crippen molar-refractivity contribution in [3.05, 3.63) is 37.1 Å². The highest BCUT2D eigenvalue weighted by molar-refractivity contribution is 5.88. The lowest BCUT2D eigenvalue weighted by Crippen LogP contribution is -2.04. The predicted molar refractivity (Wildman–Crippen MR) is 51.5 cm³/mol. The third-order valence-electron chi connectivity index (χ3n) is 1.09. The van der Waals surface area contributed by atoms with Crippen molar-refractivity contribution in [2.45, 2.75) is 0 Å². The van der Waals surface area contributed by atoms with Crippen LogP contribution in [0, 0.1) is 0 Å². The number of carbonyl (C=O) groups is 2. The van der Waals surface area contributed by atoms with Gasteiger partial charge in [0.2, 0.25) is 0 Å². The van der Waals surface area contributed by atoms with E-state index in [2.05, 4.69) is 17.9 Å². The zero-order valence-corrected chi connectivity index (χ0v) is 7.77. The van der Waals surface area contributed by atoms with Crippen molar-refractivity contribution in [1.82, 2.24) is 0 Å². The van der Waals surface area contributed by atoms with Crippen LogP contribution in [0.1, 0.15) is 0 Å². The van der Waals surface area contributed by atoms with E-state index in [9.17, 15) is 9.59 Å². The van der Waals surface area contributed by atoms with Crippen molar-refractivity contribution < 1.29 is 19.1 Å². The number of esters is 1. The Bertz CT molecular complexity index is 253. The number of ether oxygens (including phenoxy) is 2. The van der Waals surface area contributed by atoms with E-state index < -0.39 is 5.97 Å². The van der Waals surface area contributed by atoms with Gasteiger partial charge in [-0.05, 0) is 0 Å². The minimum absolute atomic E-state index is 0.0843. The minimum Gasteiger partial charge on any atom is -0.486 e. The lowest BCUT2D eigenvalue weighted by Gasteiger charge is -2.01. The summed E-state index contributed by atoms with van der Waals surface area (Å²) in [5.74, 6) is -0.727. The van der Waals surface area contributed by atoms with Gasteiger partial charge >= 0.3 is 5.97 Å². The van der Waals surface area contributed by atoms with Gasteiger partial charge in [0.05, 0.1) is 6.08 Å². The Hall–Kier alpha value is -1.84. The molecule has 0 fully saturated rings. The second-order valence-electron chi connectivity index (χ2n) is 2.18. The quantitative estimate of drug-likeness (QED) is 0.200. The molecule has 0 saturated carbocycles. The van der Waals surface area contributed by atoms with Crippen LogP contribution in [-0.2, 0) is 19.1 Å². The summed E-state index contributed by atoms with van der Waals surface area (Å²) in [7, 11) is 0. The molecule has 0 unspecified atom stereocenters. The van der Waals surface area contributed by atoms with Crippen molar-refractivity contribution in [2.75, 3.05) is 13.2 Å². The van der Waals surface area contributed by atoms with Gasteiger partial charge < -0.3 is 9.47 Å². The third-order valence-corrected chi connectivity index (χ3v) is 1.09. The van der Waals surface area contributed by atoms with E-state index in [0.717, 1.165) is 6.08 Å². The summed E-state index contributed by atoms with van der Waals surface area (Å²) in [4.78, 5) is 21.3. The van der Waals surface area contributed by atoms with Gasteiger partial charge in [0, 0.05) is 0 Å². The summed E-state index contributed by atoms with van der Waals surface area (Å²) in [5.41, 5.74) is 0. The predicted octanol–water partition coefficient (Wildman–Crippen LogP) is 1.00. The minimum atomic E-state index is -0.643. The Labute approximate surface area is 82.5 Å². The molecule has 0 atom stereocenters. The third kappa shape index (κ3) is 5.77. The average Bonchev–Trinajstić information content (AvgIpc) is 2.21. The Balaban J connectivity index is 4.12. The zero-order valence-electron chi connectivity index (χ0n) is 7.77. The van der Waals surface area contributed by atoms with E-state index >= 15 is 0 Å². The zero-order chi connectivity index (χ0) is 10.8. The maximum absolute atomic E-state index is 10.9. The molecule has 4 nitrogen and oxygen atoms in total. The van der Waals surface area contributed by atoms with Crippen LogP contribution < -0.4 is 0 Å². The van der Waals surface area contributed by atoms with Crippen LogP contribution >= 0.6 is 0 Å². The van der Waals surface area contributed by atoms with E-state index in [4.69, 9.17) is 4.74 Å². The maximum Gasteiger partial charge on any atom is 0.334 e. The molecule has 4 heteroatoms. The fourth-order valence-corrected chi connectivity index (χ4v) is 0.564. The number of carbonyl (C=O) groups excluding carboxylic acids is 2. The first-order valence-electron chi connectivity index (χ1n) is 3.92. The fourth-order valence-electron chi connectivity index (χ4n) is 0.564. The number of rotatable bonds is 7. The molecular weight excluding hydrogens is 184 g/mol. The Kier molecular flexibility index (Phi) is 6.77. The molecule has 0 N–H and O–H groups in total. The molecule has 0 aliphatic carbocycles. The Morgan fingerprint density at radius 3 is 2.21 bits per heavy atom.